The Kier molecular flexibility index (Phi) is 7.83. The minimum Gasteiger partial charge on any atom is -0.310 e. The molecule has 3 aromatic carbocycles. The van der Waals surface area contributed by atoms with E-state index < -0.39 is 0 Å². The van der Waals surface area contributed by atoms with Gasteiger partial charge >= 0.3 is 0 Å². The number of benzene rings is 3. The molecular formula is C26H32N2. The third-order valence-corrected chi connectivity index (χ3v) is 5.17. The average molecular weight is 373 g/mol. The van der Waals surface area contributed by atoms with Gasteiger partial charge in [0.05, 0.1) is 0 Å². The van der Waals surface area contributed by atoms with Crippen molar-refractivity contribution in [2.75, 3.05) is 0 Å². The van der Waals surface area contributed by atoms with Crippen LogP contribution in [-0.4, -0.2) is 12.1 Å². The normalized spacial score (nSPS) is 13.2. The minimum atomic E-state index is 0.439. The number of hydrogen-bond donors (Lipinski definition) is 2. The Balaban J connectivity index is 1.51. The molecule has 0 saturated carbocycles. The first-order valence-electron chi connectivity index (χ1n) is 10.3. The average Bonchev–Trinajstić information content (AvgIpc) is 2.74. The van der Waals surface area contributed by atoms with Gasteiger partial charge in [0.15, 0.2) is 0 Å². The van der Waals surface area contributed by atoms with Gasteiger partial charge in [-0.15, -0.1) is 0 Å². The molecule has 0 bridgehead atoms. The van der Waals surface area contributed by atoms with Crippen molar-refractivity contribution in [3.8, 4) is 0 Å². The van der Waals surface area contributed by atoms with Gasteiger partial charge in [0.1, 0.15) is 0 Å². The first-order valence-corrected chi connectivity index (χ1v) is 10.3. The monoisotopic (exact) mass is 372 g/mol. The Bertz CT molecular complexity index is 744. The van der Waals surface area contributed by atoms with Crippen LogP contribution >= 0.6 is 0 Å². The van der Waals surface area contributed by atoms with Gasteiger partial charge in [0.2, 0.25) is 0 Å². The zero-order valence-electron chi connectivity index (χ0n) is 17.1. The van der Waals surface area contributed by atoms with Gasteiger partial charge in [-0.25, -0.2) is 0 Å². The van der Waals surface area contributed by atoms with E-state index in [9.17, 15) is 0 Å². The van der Waals surface area contributed by atoms with Crippen molar-refractivity contribution in [2.45, 2.75) is 51.9 Å². The van der Waals surface area contributed by atoms with Crippen LogP contribution in [-0.2, 0) is 25.9 Å². The molecule has 0 radical (unpaired) electrons. The molecule has 0 aliphatic carbocycles. The van der Waals surface area contributed by atoms with Gasteiger partial charge < -0.3 is 10.6 Å². The highest BCUT2D eigenvalue weighted by Gasteiger charge is 2.10. The van der Waals surface area contributed by atoms with Gasteiger partial charge in [-0.05, 0) is 48.9 Å². The molecule has 2 nitrogen and oxygen atoms in total. The van der Waals surface area contributed by atoms with E-state index in [1.54, 1.807) is 0 Å². The second kappa shape index (κ2) is 10.8. The third-order valence-electron chi connectivity index (χ3n) is 5.17. The van der Waals surface area contributed by atoms with Gasteiger partial charge in [0.25, 0.3) is 0 Å². The largest absolute Gasteiger partial charge is 0.310 e. The summed E-state index contributed by atoms with van der Waals surface area (Å²) < 4.78 is 0. The van der Waals surface area contributed by atoms with Gasteiger partial charge in [-0.2, -0.15) is 0 Å². The van der Waals surface area contributed by atoms with Crippen molar-refractivity contribution in [3.05, 3.63) is 107 Å². The van der Waals surface area contributed by atoms with Crippen LogP contribution in [0.15, 0.2) is 84.9 Å². The molecule has 28 heavy (non-hydrogen) atoms. The number of rotatable bonds is 10. The number of hydrogen-bond acceptors (Lipinski definition) is 2. The van der Waals surface area contributed by atoms with Crippen LogP contribution in [0.4, 0.5) is 0 Å². The van der Waals surface area contributed by atoms with Crippen LogP contribution in [0.3, 0.4) is 0 Å². The summed E-state index contributed by atoms with van der Waals surface area (Å²) in [6.45, 7) is 6.38. The summed E-state index contributed by atoms with van der Waals surface area (Å²) >= 11 is 0. The first kappa shape index (κ1) is 20.3. The molecule has 0 spiro atoms. The summed E-state index contributed by atoms with van der Waals surface area (Å²) in [5.74, 6) is 0. The van der Waals surface area contributed by atoms with Crippen LogP contribution in [0.5, 0.6) is 0 Å². The molecule has 2 unspecified atom stereocenters. The Morgan fingerprint density at radius 3 is 1.29 bits per heavy atom. The van der Waals surface area contributed by atoms with Crippen molar-refractivity contribution in [1.29, 1.82) is 0 Å². The highest BCUT2D eigenvalue weighted by molar-refractivity contribution is 5.29. The molecular weight excluding hydrogens is 340 g/mol. The van der Waals surface area contributed by atoms with Crippen LogP contribution in [0.25, 0.3) is 0 Å². The van der Waals surface area contributed by atoms with Gasteiger partial charge in [0, 0.05) is 25.2 Å². The van der Waals surface area contributed by atoms with Crippen molar-refractivity contribution in [2.24, 2.45) is 0 Å². The summed E-state index contributed by atoms with van der Waals surface area (Å²) in [6, 6.07) is 31.0. The maximum atomic E-state index is 3.66. The molecule has 146 valence electrons. The molecule has 3 aromatic rings. The minimum absolute atomic E-state index is 0.439. The van der Waals surface area contributed by atoms with E-state index in [0.29, 0.717) is 12.1 Å². The standard InChI is InChI=1S/C26H32N2/c1-21(27-19-23-11-5-3-6-12-23)17-25-15-9-10-16-26(25)18-22(2)28-20-24-13-7-4-8-14-24/h3-16,21-22,27-28H,17-20H2,1-2H3. The Morgan fingerprint density at radius 2 is 0.893 bits per heavy atom. The predicted octanol–water partition coefficient (Wildman–Crippen LogP) is 5.13. The van der Waals surface area contributed by atoms with Gasteiger partial charge in [-0.3, -0.25) is 0 Å². The second-order valence-corrected chi connectivity index (χ2v) is 7.71. The lowest BCUT2D eigenvalue weighted by Gasteiger charge is -2.19. The van der Waals surface area contributed by atoms with Crippen LogP contribution in [0.1, 0.15) is 36.1 Å². The molecule has 0 amide bonds. The van der Waals surface area contributed by atoms with Gasteiger partial charge in [-0.1, -0.05) is 84.9 Å². The highest BCUT2D eigenvalue weighted by atomic mass is 14.9. The Labute approximate surface area is 170 Å². The maximum absolute atomic E-state index is 3.66. The summed E-state index contributed by atoms with van der Waals surface area (Å²) in [7, 11) is 0. The molecule has 0 aromatic heterocycles. The van der Waals surface area contributed by atoms with Crippen molar-refractivity contribution < 1.29 is 0 Å². The Morgan fingerprint density at radius 1 is 0.536 bits per heavy atom. The quantitative estimate of drug-likeness (QED) is 0.516. The fourth-order valence-corrected chi connectivity index (χ4v) is 3.54. The summed E-state index contributed by atoms with van der Waals surface area (Å²) in [6.07, 6.45) is 2.10. The maximum Gasteiger partial charge on any atom is 0.0208 e. The third kappa shape index (κ3) is 6.63. The van der Waals surface area contributed by atoms with E-state index in [1.165, 1.54) is 22.3 Å². The summed E-state index contributed by atoms with van der Waals surface area (Å²) in [4.78, 5) is 0. The molecule has 3 rings (SSSR count). The lowest BCUT2D eigenvalue weighted by Crippen LogP contribution is -2.30. The zero-order chi connectivity index (χ0) is 19.6. The van der Waals surface area contributed by atoms with Crippen molar-refractivity contribution >= 4 is 0 Å². The summed E-state index contributed by atoms with van der Waals surface area (Å²) in [5, 5.41) is 7.32. The van der Waals surface area contributed by atoms with Crippen LogP contribution < -0.4 is 10.6 Å². The van der Waals surface area contributed by atoms with E-state index in [2.05, 4.69) is 109 Å². The fourth-order valence-electron chi connectivity index (χ4n) is 3.54. The molecule has 0 saturated heterocycles. The van der Waals surface area contributed by atoms with Crippen LogP contribution in [0.2, 0.25) is 0 Å². The molecule has 0 fully saturated rings. The van der Waals surface area contributed by atoms with E-state index in [1.807, 2.05) is 0 Å². The van der Waals surface area contributed by atoms with Crippen molar-refractivity contribution in [3.63, 3.8) is 0 Å². The van der Waals surface area contributed by atoms with E-state index in [0.717, 1.165) is 25.9 Å². The topological polar surface area (TPSA) is 24.1 Å². The van der Waals surface area contributed by atoms with Crippen LogP contribution in [0, 0.1) is 0 Å². The molecule has 0 aliphatic heterocycles. The number of nitrogens with one attached hydrogen (secondary N) is 2. The highest BCUT2D eigenvalue weighted by Crippen LogP contribution is 2.14. The summed E-state index contributed by atoms with van der Waals surface area (Å²) in [5.41, 5.74) is 5.57. The second-order valence-electron chi connectivity index (χ2n) is 7.71. The predicted molar refractivity (Wildman–Crippen MR) is 119 cm³/mol. The molecule has 0 aliphatic rings. The van der Waals surface area contributed by atoms with E-state index in [4.69, 9.17) is 0 Å². The Hall–Kier alpha value is -2.42. The lowest BCUT2D eigenvalue weighted by atomic mass is 9.96. The lowest BCUT2D eigenvalue weighted by molar-refractivity contribution is 0.529. The SMILES string of the molecule is CC(Cc1ccccc1CC(C)NCc1ccccc1)NCc1ccccc1. The molecule has 2 atom stereocenters. The molecule has 2 N–H and O–H groups in total. The smallest absolute Gasteiger partial charge is 0.0208 e. The molecule has 2 heteroatoms. The van der Waals surface area contributed by atoms with Crippen molar-refractivity contribution in [1.82, 2.24) is 10.6 Å². The first-order chi connectivity index (χ1) is 13.7. The zero-order valence-corrected chi connectivity index (χ0v) is 17.1. The van der Waals surface area contributed by atoms with E-state index >= 15 is 0 Å². The molecule has 0 heterocycles. The fraction of sp³-hybridized carbons (Fsp3) is 0.308. The van der Waals surface area contributed by atoms with E-state index in [-0.39, 0.29) is 0 Å².